The zero-order chi connectivity index (χ0) is 29.4. The summed E-state index contributed by atoms with van der Waals surface area (Å²) in [5, 5.41) is 3.90. The van der Waals surface area contributed by atoms with Gasteiger partial charge >= 0.3 is 0 Å². The third-order valence-corrected chi connectivity index (χ3v) is 10.6. The maximum absolute atomic E-state index is 13.8. The SMILES string of the molecule is COc1cc(C(=O)N2C[C@H]3CC[C@@H]2[C@@H]3N)cc2nc(-c3csc4ccc(Cl)cc34)n(CC3CN(c4ccnc(C)n4)C3)c12. The number of carbonyl (C=O) groups excluding carboxylic acids is 1. The van der Waals surface area contributed by atoms with E-state index >= 15 is 0 Å². The van der Waals surface area contributed by atoms with E-state index in [0.717, 1.165) is 83.2 Å². The predicted molar refractivity (Wildman–Crippen MR) is 170 cm³/mol. The normalized spacial score (nSPS) is 21.7. The van der Waals surface area contributed by atoms with Crippen LogP contribution in [0.15, 0.2) is 48.0 Å². The van der Waals surface area contributed by atoms with Gasteiger partial charge in [-0.05, 0) is 62.1 Å². The monoisotopic (exact) mass is 613 g/mol. The number of piperidine rings is 1. The minimum Gasteiger partial charge on any atom is -0.494 e. The minimum absolute atomic E-state index is 0.00138. The third kappa shape index (κ3) is 4.38. The second kappa shape index (κ2) is 10.2. The lowest BCUT2D eigenvalue weighted by atomic mass is 9.99. The molecule has 8 rings (SSSR count). The first-order chi connectivity index (χ1) is 20.9. The van der Waals surface area contributed by atoms with Gasteiger partial charge in [-0.3, -0.25) is 4.79 Å². The standard InChI is InChI=1S/C32H32ClN7O2S/c1-17-35-8-7-28(36-17)38-12-18(13-38)14-40-30-24(37-31(40)23-16-43-27-6-4-21(33)11-22(23)27)9-20(10-26(30)42-2)32(41)39-15-19-3-5-25(39)29(19)34/h4,6-11,16,18-19,25,29H,3,5,12-15,34H2,1-2H3/t19-,25-,29-/m1/s1. The summed E-state index contributed by atoms with van der Waals surface area (Å²) in [6.45, 7) is 5.13. The number of nitrogens with two attached hydrogens (primary N) is 1. The molecule has 3 atom stereocenters. The summed E-state index contributed by atoms with van der Waals surface area (Å²) in [7, 11) is 1.66. The number of aryl methyl sites for hydroxylation is 1. The molecular formula is C32H32ClN7O2S. The van der Waals surface area contributed by atoms with Crippen molar-refractivity contribution in [1.82, 2.24) is 24.4 Å². The molecule has 2 N–H and O–H groups in total. The van der Waals surface area contributed by atoms with Gasteiger partial charge in [-0.1, -0.05) is 11.6 Å². The van der Waals surface area contributed by atoms with Crippen LogP contribution in [0.25, 0.3) is 32.5 Å². The fourth-order valence-electron chi connectivity index (χ4n) is 7.27. The topological polar surface area (TPSA) is 102 Å². The summed E-state index contributed by atoms with van der Waals surface area (Å²) in [6.07, 6.45) is 3.88. The molecule has 5 aromatic rings. The van der Waals surface area contributed by atoms with Crippen LogP contribution in [0.4, 0.5) is 5.82 Å². The van der Waals surface area contributed by atoms with E-state index in [1.165, 1.54) is 0 Å². The second-order valence-corrected chi connectivity index (χ2v) is 13.4. The number of hydrogen-bond acceptors (Lipinski definition) is 8. The van der Waals surface area contributed by atoms with Crippen molar-refractivity contribution in [2.24, 2.45) is 17.6 Å². The fraction of sp³-hybridized carbons (Fsp3) is 0.375. The van der Waals surface area contributed by atoms with Gasteiger partial charge in [0.2, 0.25) is 0 Å². The zero-order valence-electron chi connectivity index (χ0n) is 24.0. The first kappa shape index (κ1) is 26.9. The first-order valence-electron chi connectivity index (χ1n) is 14.7. The molecule has 0 unspecified atom stereocenters. The predicted octanol–water partition coefficient (Wildman–Crippen LogP) is 5.38. The Hall–Kier alpha value is -3.73. The van der Waals surface area contributed by atoms with Crippen LogP contribution in [-0.2, 0) is 6.54 Å². The van der Waals surface area contributed by atoms with Gasteiger partial charge in [-0.25, -0.2) is 15.0 Å². The number of methoxy groups -OCH3 is 1. The molecule has 1 aliphatic carbocycles. The van der Waals surface area contributed by atoms with E-state index in [0.29, 0.717) is 28.2 Å². The number of likely N-dealkylation sites (tertiary alicyclic amines) is 1. The van der Waals surface area contributed by atoms with Gasteiger partial charge in [0.15, 0.2) is 0 Å². The molecule has 3 fully saturated rings. The summed E-state index contributed by atoms with van der Waals surface area (Å²) in [4.78, 5) is 32.1. The van der Waals surface area contributed by atoms with E-state index < -0.39 is 0 Å². The number of nitrogens with zero attached hydrogens (tertiary/aromatic N) is 6. The smallest absolute Gasteiger partial charge is 0.254 e. The molecule has 0 radical (unpaired) electrons. The number of carbonyl (C=O) groups is 1. The van der Waals surface area contributed by atoms with E-state index in [9.17, 15) is 4.79 Å². The maximum Gasteiger partial charge on any atom is 0.254 e. The van der Waals surface area contributed by atoms with Gasteiger partial charge in [0, 0.05) is 82.0 Å². The molecule has 2 saturated heterocycles. The highest BCUT2D eigenvalue weighted by molar-refractivity contribution is 7.17. The number of ether oxygens (including phenoxy) is 1. The van der Waals surface area contributed by atoms with Gasteiger partial charge in [-0.2, -0.15) is 0 Å². The number of hydrogen-bond donors (Lipinski definition) is 1. The summed E-state index contributed by atoms with van der Waals surface area (Å²) in [6, 6.07) is 11.9. The average molecular weight is 614 g/mol. The molecule has 2 aromatic carbocycles. The molecule has 1 saturated carbocycles. The Bertz CT molecular complexity index is 1900. The van der Waals surface area contributed by atoms with E-state index in [1.807, 2.05) is 48.4 Å². The van der Waals surface area contributed by atoms with Gasteiger partial charge in [-0.15, -0.1) is 11.3 Å². The molecule has 3 aliphatic rings. The van der Waals surface area contributed by atoms with E-state index in [2.05, 4.69) is 30.9 Å². The molecule has 11 heteroatoms. The van der Waals surface area contributed by atoms with Crippen molar-refractivity contribution in [3.63, 3.8) is 0 Å². The summed E-state index contributed by atoms with van der Waals surface area (Å²) in [5.74, 6) is 3.99. The average Bonchev–Trinajstić information content (AvgIpc) is 3.74. The van der Waals surface area contributed by atoms with Gasteiger partial charge in [0.1, 0.15) is 28.7 Å². The van der Waals surface area contributed by atoms with E-state index in [4.69, 9.17) is 27.1 Å². The third-order valence-electron chi connectivity index (χ3n) is 9.45. The lowest BCUT2D eigenvalue weighted by molar-refractivity contribution is 0.0700. The second-order valence-electron chi connectivity index (χ2n) is 12.1. The Balaban J connectivity index is 1.20. The number of halogens is 1. The van der Waals surface area contributed by atoms with Crippen LogP contribution in [0, 0.1) is 18.8 Å². The largest absolute Gasteiger partial charge is 0.494 e. The lowest BCUT2D eigenvalue weighted by Gasteiger charge is -2.40. The molecular weight excluding hydrogens is 582 g/mol. The highest BCUT2D eigenvalue weighted by Crippen LogP contribution is 2.41. The number of amides is 1. The molecule has 2 aliphatic heterocycles. The van der Waals surface area contributed by atoms with E-state index in [1.54, 1.807) is 18.4 Å². The number of rotatable bonds is 6. The Morgan fingerprint density at radius 2 is 2.00 bits per heavy atom. The van der Waals surface area contributed by atoms with Crippen LogP contribution < -0.4 is 15.4 Å². The fourth-order valence-corrected chi connectivity index (χ4v) is 8.36. The molecule has 3 aromatic heterocycles. The number of anilines is 1. The van der Waals surface area contributed by atoms with Crippen molar-refractivity contribution in [1.29, 1.82) is 0 Å². The van der Waals surface area contributed by atoms with Crippen LogP contribution in [0.3, 0.4) is 0 Å². The van der Waals surface area contributed by atoms with Crippen molar-refractivity contribution < 1.29 is 9.53 Å². The molecule has 9 nitrogen and oxygen atoms in total. The van der Waals surface area contributed by atoms with Crippen molar-refractivity contribution in [3.05, 3.63) is 64.4 Å². The number of imidazole rings is 1. The van der Waals surface area contributed by atoms with Gasteiger partial charge in [0.25, 0.3) is 5.91 Å². The van der Waals surface area contributed by atoms with Crippen LogP contribution >= 0.6 is 22.9 Å². The summed E-state index contributed by atoms with van der Waals surface area (Å²) in [5.41, 5.74) is 9.69. The maximum atomic E-state index is 13.8. The highest BCUT2D eigenvalue weighted by Gasteiger charge is 2.47. The Morgan fingerprint density at radius 3 is 2.74 bits per heavy atom. The molecule has 5 heterocycles. The van der Waals surface area contributed by atoms with Crippen LogP contribution in [0.1, 0.15) is 29.0 Å². The zero-order valence-corrected chi connectivity index (χ0v) is 25.6. The van der Waals surface area contributed by atoms with Crippen molar-refractivity contribution in [2.75, 3.05) is 31.6 Å². The number of thiophene rings is 1. The van der Waals surface area contributed by atoms with Crippen LogP contribution in [0.5, 0.6) is 5.75 Å². The van der Waals surface area contributed by atoms with Crippen LogP contribution in [0.2, 0.25) is 5.02 Å². The highest BCUT2D eigenvalue weighted by atomic mass is 35.5. The molecule has 1 amide bonds. The molecule has 2 bridgehead atoms. The summed E-state index contributed by atoms with van der Waals surface area (Å²) >= 11 is 8.13. The van der Waals surface area contributed by atoms with Gasteiger partial charge < -0.3 is 24.8 Å². The van der Waals surface area contributed by atoms with Crippen LogP contribution in [-0.4, -0.2) is 69.2 Å². The molecule has 0 spiro atoms. The quantitative estimate of drug-likeness (QED) is 0.274. The molecule has 220 valence electrons. The lowest BCUT2D eigenvalue weighted by Crippen LogP contribution is -2.49. The number of fused-ring (bicyclic) bond motifs is 4. The Labute approximate surface area is 258 Å². The summed E-state index contributed by atoms with van der Waals surface area (Å²) < 4.78 is 9.39. The Kier molecular flexibility index (Phi) is 6.36. The first-order valence-corrected chi connectivity index (χ1v) is 16.0. The van der Waals surface area contributed by atoms with Crippen molar-refractivity contribution >= 4 is 55.8 Å². The number of aromatic nitrogens is 4. The Morgan fingerprint density at radius 1 is 1.14 bits per heavy atom. The minimum atomic E-state index is 0.00138. The van der Waals surface area contributed by atoms with Gasteiger partial charge in [0.05, 0.1) is 12.6 Å². The van der Waals surface area contributed by atoms with Crippen molar-refractivity contribution in [3.8, 4) is 17.1 Å². The van der Waals surface area contributed by atoms with Crippen molar-refractivity contribution in [2.45, 2.75) is 38.4 Å². The van der Waals surface area contributed by atoms with E-state index in [-0.39, 0.29) is 18.0 Å². The number of benzene rings is 2. The molecule has 43 heavy (non-hydrogen) atoms.